The van der Waals surface area contributed by atoms with Crippen molar-refractivity contribution >= 4 is 11.6 Å². The Kier molecular flexibility index (Phi) is 3.00. The van der Waals surface area contributed by atoms with Crippen molar-refractivity contribution in [3.05, 3.63) is 64.7 Å². The van der Waals surface area contributed by atoms with E-state index < -0.39 is 0 Å². The van der Waals surface area contributed by atoms with Gasteiger partial charge in [0.05, 0.1) is 11.3 Å². The Hall–Kier alpha value is -2.60. The Morgan fingerprint density at radius 1 is 1.15 bits per heavy atom. The maximum atomic E-state index is 12.6. The number of nitrogens with zero attached hydrogens (tertiary/aromatic N) is 2. The van der Waals surface area contributed by atoms with Crippen LogP contribution in [0.3, 0.4) is 0 Å². The number of carbonyl (C=O) groups excluding carboxylic acids is 1. The molecule has 0 spiro atoms. The van der Waals surface area contributed by atoms with E-state index in [-0.39, 0.29) is 5.91 Å². The fraction of sp³-hybridized carbons (Fsp3) is 0.176. The van der Waals surface area contributed by atoms with Gasteiger partial charge in [0.1, 0.15) is 6.07 Å². The molecule has 1 heterocycles. The number of aryl methyl sites for hydroxylation is 1. The minimum absolute atomic E-state index is 0.0195. The molecule has 0 N–H and O–H groups in total. The summed E-state index contributed by atoms with van der Waals surface area (Å²) in [6.07, 6.45) is 0.820. The summed E-state index contributed by atoms with van der Waals surface area (Å²) in [5, 5.41) is 9.32. The van der Waals surface area contributed by atoms with Crippen molar-refractivity contribution in [3.8, 4) is 6.07 Å². The zero-order chi connectivity index (χ0) is 14.1. The predicted octanol–water partition coefficient (Wildman–Crippen LogP) is 3.07. The van der Waals surface area contributed by atoms with Gasteiger partial charge in [0.25, 0.3) is 5.91 Å². The smallest absolute Gasteiger partial charge is 0.258 e. The number of benzene rings is 2. The molecule has 3 heteroatoms. The molecule has 20 heavy (non-hydrogen) atoms. The molecule has 1 aliphatic heterocycles. The van der Waals surface area contributed by atoms with Crippen LogP contribution in [0, 0.1) is 18.3 Å². The highest BCUT2D eigenvalue weighted by molar-refractivity contribution is 6.08. The van der Waals surface area contributed by atoms with E-state index in [1.165, 1.54) is 0 Å². The van der Waals surface area contributed by atoms with Crippen molar-refractivity contribution in [2.45, 2.75) is 13.3 Å². The van der Waals surface area contributed by atoms with E-state index in [0.29, 0.717) is 17.8 Å². The topological polar surface area (TPSA) is 44.1 Å². The van der Waals surface area contributed by atoms with E-state index in [4.69, 9.17) is 0 Å². The van der Waals surface area contributed by atoms with E-state index in [2.05, 4.69) is 6.07 Å². The summed E-state index contributed by atoms with van der Waals surface area (Å²) >= 11 is 0. The van der Waals surface area contributed by atoms with Crippen LogP contribution < -0.4 is 4.90 Å². The number of rotatable bonds is 1. The van der Waals surface area contributed by atoms with Gasteiger partial charge >= 0.3 is 0 Å². The fourth-order valence-corrected chi connectivity index (χ4v) is 2.68. The van der Waals surface area contributed by atoms with E-state index in [1.54, 1.807) is 4.90 Å². The number of hydrogen-bond donors (Lipinski definition) is 0. The van der Waals surface area contributed by atoms with Gasteiger partial charge in [-0.2, -0.15) is 5.26 Å². The normalized spacial score (nSPS) is 13.8. The van der Waals surface area contributed by atoms with Crippen molar-refractivity contribution in [1.82, 2.24) is 0 Å². The van der Waals surface area contributed by atoms with E-state index in [9.17, 15) is 10.1 Å². The van der Waals surface area contributed by atoms with Crippen LogP contribution >= 0.6 is 0 Å². The molecule has 0 aromatic heterocycles. The largest absolute Gasteiger partial charge is 0.307 e. The van der Waals surface area contributed by atoms with Crippen LogP contribution in [0.1, 0.15) is 27.0 Å². The Balaban J connectivity index is 2.09. The summed E-state index contributed by atoms with van der Waals surface area (Å²) in [5.74, 6) is -0.0195. The van der Waals surface area contributed by atoms with Gasteiger partial charge in [0.2, 0.25) is 0 Å². The van der Waals surface area contributed by atoms with E-state index in [1.807, 2.05) is 49.4 Å². The first-order valence-electron chi connectivity index (χ1n) is 6.62. The van der Waals surface area contributed by atoms with E-state index >= 15 is 0 Å². The molecule has 0 saturated heterocycles. The van der Waals surface area contributed by atoms with Crippen molar-refractivity contribution in [3.63, 3.8) is 0 Å². The number of nitriles is 1. The molecule has 0 aliphatic carbocycles. The van der Waals surface area contributed by atoms with Gasteiger partial charge in [-0.1, -0.05) is 30.3 Å². The summed E-state index contributed by atoms with van der Waals surface area (Å²) in [6, 6.07) is 15.5. The molecular weight excluding hydrogens is 248 g/mol. The zero-order valence-electron chi connectivity index (χ0n) is 11.3. The number of anilines is 1. The highest BCUT2D eigenvalue weighted by Crippen LogP contribution is 2.28. The molecule has 3 nitrogen and oxygen atoms in total. The van der Waals surface area contributed by atoms with Gasteiger partial charge in [-0.15, -0.1) is 0 Å². The van der Waals surface area contributed by atoms with Crippen molar-refractivity contribution in [2.75, 3.05) is 11.4 Å². The summed E-state index contributed by atoms with van der Waals surface area (Å²) in [5.41, 5.74) is 4.02. The molecule has 1 amide bonds. The maximum absolute atomic E-state index is 12.6. The van der Waals surface area contributed by atoms with E-state index in [0.717, 1.165) is 23.1 Å². The average Bonchev–Trinajstić information content (AvgIpc) is 2.48. The van der Waals surface area contributed by atoms with Gasteiger partial charge in [0.15, 0.2) is 0 Å². The molecule has 1 aliphatic rings. The van der Waals surface area contributed by atoms with Crippen LogP contribution in [-0.4, -0.2) is 12.5 Å². The third-order valence-corrected chi connectivity index (χ3v) is 3.75. The quantitative estimate of drug-likeness (QED) is 0.792. The number of amides is 1. The van der Waals surface area contributed by atoms with Gasteiger partial charge in [-0.05, 0) is 36.6 Å². The Morgan fingerprint density at radius 3 is 2.75 bits per heavy atom. The third kappa shape index (κ3) is 1.86. The first kappa shape index (κ1) is 12.4. The number of fused-ring (bicyclic) bond motifs is 1. The monoisotopic (exact) mass is 262 g/mol. The second kappa shape index (κ2) is 4.82. The zero-order valence-corrected chi connectivity index (χ0v) is 11.3. The summed E-state index contributed by atoms with van der Waals surface area (Å²) in [7, 11) is 0. The number of carbonyl (C=O) groups is 1. The lowest BCUT2D eigenvalue weighted by Gasteiger charge is -2.29. The molecule has 0 unspecified atom stereocenters. The van der Waals surface area contributed by atoms with Crippen molar-refractivity contribution in [2.24, 2.45) is 0 Å². The molecule has 2 aromatic rings. The van der Waals surface area contributed by atoms with Gasteiger partial charge in [0, 0.05) is 12.1 Å². The van der Waals surface area contributed by atoms with Crippen LogP contribution in [-0.2, 0) is 6.42 Å². The van der Waals surface area contributed by atoms with Gasteiger partial charge in [-0.3, -0.25) is 4.79 Å². The molecule has 0 radical (unpaired) electrons. The molecule has 0 fully saturated rings. The molecule has 2 aromatic carbocycles. The van der Waals surface area contributed by atoms with Crippen molar-refractivity contribution < 1.29 is 4.79 Å². The summed E-state index contributed by atoms with van der Waals surface area (Å²) < 4.78 is 0. The molecular formula is C17H14N2O. The van der Waals surface area contributed by atoms with Crippen LogP contribution in [0.15, 0.2) is 42.5 Å². The van der Waals surface area contributed by atoms with Crippen LogP contribution in [0.5, 0.6) is 0 Å². The number of hydrogen-bond acceptors (Lipinski definition) is 2. The second-order valence-electron chi connectivity index (χ2n) is 4.94. The molecule has 3 rings (SSSR count). The lowest BCUT2D eigenvalue weighted by atomic mass is 9.97. The van der Waals surface area contributed by atoms with Gasteiger partial charge < -0.3 is 4.90 Å². The maximum Gasteiger partial charge on any atom is 0.258 e. The van der Waals surface area contributed by atoms with Crippen LogP contribution in [0.25, 0.3) is 0 Å². The average molecular weight is 262 g/mol. The minimum atomic E-state index is -0.0195. The molecule has 98 valence electrons. The highest BCUT2D eigenvalue weighted by Gasteiger charge is 2.26. The van der Waals surface area contributed by atoms with Crippen LogP contribution in [0.2, 0.25) is 0 Å². The molecule has 0 atom stereocenters. The Morgan fingerprint density at radius 2 is 1.95 bits per heavy atom. The predicted molar refractivity (Wildman–Crippen MR) is 77.7 cm³/mol. The molecule has 0 saturated carbocycles. The first-order chi connectivity index (χ1) is 9.72. The van der Waals surface area contributed by atoms with Crippen LogP contribution in [0.4, 0.5) is 5.69 Å². The summed E-state index contributed by atoms with van der Waals surface area (Å²) in [4.78, 5) is 14.3. The minimum Gasteiger partial charge on any atom is -0.307 e. The highest BCUT2D eigenvalue weighted by atomic mass is 16.2. The first-order valence-corrected chi connectivity index (χ1v) is 6.62. The lowest BCUT2D eigenvalue weighted by molar-refractivity contribution is 0.0980. The van der Waals surface area contributed by atoms with Gasteiger partial charge in [-0.25, -0.2) is 0 Å². The Labute approximate surface area is 118 Å². The third-order valence-electron chi connectivity index (χ3n) is 3.75. The van der Waals surface area contributed by atoms with Crippen molar-refractivity contribution in [1.29, 1.82) is 5.26 Å². The lowest BCUT2D eigenvalue weighted by Crippen LogP contribution is -2.38. The second-order valence-corrected chi connectivity index (χ2v) is 4.94. The fourth-order valence-electron chi connectivity index (χ4n) is 2.68. The molecule has 0 bridgehead atoms. The summed E-state index contributed by atoms with van der Waals surface area (Å²) in [6.45, 7) is 2.51. The Bertz CT molecular complexity index is 728. The SMILES string of the molecule is Cc1cccc(N2CCc3ccccc3C2=O)c1C#N. The standard InChI is InChI=1S/C17H14N2O/c1-12-5-4-8-16(15(12)11-18)19-10-9-13-6-2-3-7-14(13)17(19)20/h2-8H,9-10H2,1H3.